The van der Waals surface area contributed by atoms with Gasteiger partial charge in [0.15, 0.2) is 11.2 Å². The van der Waals surface area contributed by atoms with Gasteiger partial charge in [-0.05, 0) is 42.7 Å². The molecule has 1 aromatic heterocycles. The minimum atomic E-state index is -0.928. The van der Waals surface area contributed by atoms with Gasteiger partial charge in [0.25, 0.3) is 5.91 Å². The van der Waals surface area contributed by atoms with Crippen molar-refractivity contribution in [2.75, 3.05) is 0 Å². The van der Waals surface area contributed by atoms with Crippen LogP contribution in [0.25, 0.3) is 6.08 Å². The van der Waals surface area contributed by atoms with Gasteiger partial charge in [-0.3, -0.25) is 4.79 Å². The Labute approximate surface area is 138 Å². The molecule has 2 N–H and O–H groups in total. The summed E-state index contributed by atoms with van der Waals surface area (Å²) in [5, 5.41) is 12.5. The summed E-state index contributed by atoms with van der Waals surface area (Å²) < 4.78 is 5.19. The Bertz CT molecular complexity index is 645. The summed E-state index contributed by atoms with van der Waals surface area (Å²) in [6.45, 7) is 0. The molecule has 2 heterocycles. The van der Waals surface area contributed by atoms with E-state index in [1.165, 1.54) is 6.26 Å². The van der Waals surface area contributed by atoms with Crippen LogP contribution in [0.3, 0.4) is 0 Å². The Balaban J connectivity index is 1.76. The van der Waals surface area contributed by atoms with Crippen LogP contribution in [0.4, 0.5) is 0 Å². The van der Waals surface area contributed by atoms with Crippen molar-refractivity contribution in [2.24, 2.45) is 10.9 Å². The first-order chi connectivity index (χ1) is 11.1. The van der Waals surface area contributed by atoms with Gasteiger partial charge in [0.2, 0.25) is 0 Å². The number of carboxylic acid groups (broad SMARTS) is 1. The fraction of sp³-hybridized carbons (Fsp3) is 0.438. The SMILES string of the molecule is O=C1NC(=N[C@@H](C(=O)O)C2CCCCC2)S/C1=C/c1ccco1. The lowest BCUT2D eigenvalue weighted by Gasteiger charge is -2.25. The number of carbonyl (C=O) groups is 2. The number of nitrogens with one attached hydrogen (secondary N) is 1. The molecule has 1 aliphatic heterocycles. The second-order valence-corrected chi connectivity index (χ2v) is 6.73. The molecular formula is C16H18N2O4S. The molecule has 23 heavy (non-hydrogen) atoms. The van der Waals surface area contributed by atoms with Gasteiger partial charge in [0.05, 0.1) is 11.2 Å². The van der Waals surface area contributed by atoms with E-state index in [0.717, 1.165) is 43.9 Å². The number of aliphatic carboxylic acids is 1. The maximum atomic E-state index is 12.0. The molecule has 0 aromatic carbocycles. The van der Waals surface area contributed by atoms with Crippen molar-refractivity contribution in [2.45, 2.75) is 38.1 Å². The number of nitrogens with zero attached hydrogens (tertiary/aromatic N) is 1. The zero-order chi connectivity index (χ0) is 16.2. The summed E-state index contributed by atoms with van der Waals surface area (Å²) in [5.41, 5.74) is 0. The first-order valence-corrected chi connectivity index (χ1v) is 8.50. The summed E-state index contributed by atoms with van der Waals surface area (Å²) in [6, 6.07) is 2.70. The normalized spacial score (nSPS) is 24.1. The van der Waals surface area contributed by atoms with Crippen LogP contribution in [-0.2, 0) is 9.59 Å². The van der Waals surface area contributed by atoms with Crippen molar-refractivity contribution in [1.29, 1.82) is 0 Å². The number of rotatable bonds is 4. The van der Waals surface area contributed by atoms with Crippen molar-refractivity contribution in [3.63, 3.8) is 0 Å². The van der Waals surface area contributed by atoms with E-state index in [9.17, 15) is 14.7 Å². The Kier molecular flexibility index (Phi) is 4.85. The summed E-state index contributed by atoms with van der Waals surface area (Å²) in [6.07, 6.45) is 8.15. The lowest BCUT2D eigenvalue weighted by atomic mass is 9.84. The average Bonchev–Trinajstić information content (AvgIpc) is 3.16. The molecule has 7 heteroatoms. The van der Waals surface area contributed by atoms with Crippen LogP contribution in [0, 0.1) is 5.92 Å². The van der Waals surface area contributed by atoms with Crippen molar-refractivity contribution >= 4 is 34.9 Å². The maximum Gasteiger partial charge on any atom is 0.328 e. The molecule has 122 valence electrons. The standard InChI is InChI=1S/C16H18N2O4S/c19-14-12(9-11-7-4-8-22-11)23-16(18-14)17-13(15(20)21)10-5-2-1-3-6-10/h4,7-10,13H,1-3,5-6H2,(H,20,21)(H,17,18,19)/b12-9+/t13-/m1/s1. The van der Waals surface area contributed by atoms with Crippen LogP contribution >= 0.6 is 11.8 Å². The second-order valence-electron chi connectivity index (χ2n) is 5.70. The highest BCUT2D eigenvalue weighted by molar-refractivity contribution is 8.18. The molecule has 0 bridgehead atoms. The van der Waals surface area contributed by atoms with Gasteiger partial charge in [0.1, 0.15) is 5.76 Å². The van der Waals surface area contributed by atoms with Gasteiger partial charge in [-0.15, -0.1) is 0 Å². The number of aliphatic imine (C=N–C) groups is 1. The molecule has 6 nitrogen and oxygen atoms in total. The fourth-order valence-electron chi connectivity index (χ4n) is 2.93. The molecule has 0 unspecified atom stereocenters. The number of amidine groups is 1. The molecular weight excluding hydrogens is 316 g/mol. The van der Waals surface area contributed by atoms with Gasteiger partial charge < -0.3 is 14.8 Å². The predicted molar refractivity (Wildman–Crippen MR) is 87.9 cm³/mol. The van der Waals surface area contributed by atoms with E-state index in [-0.39, 0.29) is 11.8 Å². The molecule has 1 amide bonds. The van der Waals surface area contributed by atoms with E-state index < -0.39 is 12.0 Å². The zero-order valence-electron chi connectivity index (χ0n) is 12.5. The average molecular weight is 334 g/mol. The van der Waals surface area contributed by atoms with Crippen LogP contribution in [-0.4, -0.2) is 28.2 Å². The first kappa shape index (κ1) is 15.9. The minimum absolute atomic E-state index is 0.0457. The van der Waals surface area contributed by atoms with E-state index in [4.69, 9.17) is 4.42 Å². The Morgan fingerprint density at radius 2 is 2.22 bits per heavy atom. The second kappa shape index (κ2) is 7.04. The van der Waals surface area contributed by atoms with Gasteiger partial charge in [-0.2, -0.15) is 0 Å². The van der Waals surface area contributed by atoms with E-state index in [0.29, 0.717) is 15.8 Å². The highest BCUT2D eigenvalue weighted by Gasteiger charge is 2.32. The third kappa shape index (κ3) is 3.85. The Morgan fingerprint density at radius 3 is 2.87 bits per heavy atom. The fourth-order valence-corrected chi connectivity index (χ4v) is 3.77. The topological polar surface area (TPSA) is 91.9 Å². The molecule has 0 radical (unpaired) electrons. The van der Waals surface area contributed by atoms with Crippen LogP contribution in [0.1, 0.15) is 37.9 Å². The smallest absolute Gasteiger partial charge is 0.328 e. The molecule has 2 aliphatic rings. The maximum absolute atomic E-state index is 12.0. The lowest BCUT2D eigenvalue weighted by Crippen LogP contribution is -2.32. The number of amides is 1. The number of thioether (sulfide) groups is 1. The van der Waals surface area contributed by atoms with Crippen molar-refractivity contribution in [1.82, 2.24) is 5.32 Å². The van der Waals surface area contributed by atoms with Crippen LogP contribution < -0.4 is 5.32 Å². The minimum Gasteiger partial charge on any atom is -0.480 e. The van der Waals surface area contributed by atoms with E-state index in [1.54, 1.807) is 18.2 Å². The molecule has 2 fully saturated rings. The first-order valence-electron chi connectivity index (χ1n) is 7.68. The number of furan rings is 1. The molecule has 1 aliphatic carbocycles. The van der Waals surface area contributed by atoms with Crippen LogP contribution in [0.5, 0.6) is 0 Å². The summed E-state index contributed by atoms with van der Waals surface area (Å²) >= 11 is 1.15. The predicted octanol–water partition coefficient (Wildman–Crippen LogP) is 2.87. The highest BCUT2D eigenvalue weighted by Crippen LogP contribution is 2.31. The molecule has 1 atom stereocenters. The van der Waals surface area contributed by atoms with E-state index >= 15 is 0 Å². The number of hydrogen-bond donors (Lipinski definition) is 2. The third-order valence-corrected chi connectivity index (χ3v) is 5.00. The zero-order valence-corrected chi connectivity index (χ0v) is 13.3. The molecule has 1 aromatic rings. The van der Waals surface area contributed by atoms with Gasteiger partial charge in [-0.1, -0.05) is 19.3 Å². The Hall–Kier alpha value is -2.02. The van der Waals surface area contributed by atoms with Crippen molar-refractivity contribution in [3.05, 3.63) is 29.1 Å². The summed E-state index contributed by atoms with van der Waals surface area (Å²) in [5.74, 6) is -0.587. The number of carbonyl (C=O) groups excluding carboxylic acids is 1. The number of carboxylic acids is 1. The van der Waals surface area contributed by atoms with Crippen LogP contribution in [0.15, 0.2) is 32.7 Å². The summed E-state index contributed by atoms with van der Waals surface area (Å²) in [7, 11) is 0. The third-order valence-electron chi connectivity index (χ3n) is 4.07. The monoisotopic (exact) mass is 334 g/mol. The Morgan fingerprint density at radius 1 is 1.43 bits per heavy atom. The molecule has 1 saturated carbocycles. The lowest BCUT2D eigenvalue weighted by molar-refractivity contribution is -0.140. The largest absolute Gasteiger partial charge is 0.480 e. The van der Waals surface area contributed by atoms with Crippen LogP contribution in [0.2, 0.25) is 0 Å². The van der Waals surface area contributed by atoms with Gasteiger partial charge in [0, 0.05) is 6.08 Å². The quantitative estimate of drug-likeness (QED) is 0.826. The molecule has 0 spiro atoms. The van der Waals surface area contributed by atoms with E-state index in [1.807, 2.05) is 0 Å². The van der Waals surface area contributed by atoms with Crippen molar-refractivity contribution in [3.8, 4) is 0 Å². The van der Waals surface area contributed by atoms with Gasteiger partial charge in [-0.25, -0.2) is 9.79 Å². The van der Waals surface area contributed by atoms with Crippen molar-refractivity contribution < 1.29 is 19.1 Å². The van der Waals surface area contributed by atoms with E-state index in [2.05, 4.69) is 10.3 Å². The van der Waals surface area contributed by atoms with Gasteiger partial charge >= 0.3 is 5.97 Å². The number of hydrogen-bond acceptors (Lipinski definition) is 5. The highest BCUT2D eigenvalue weighted by atomic mass is 32.2. The molecule has 1 saturated heterocycles. The summed E-state index contributed by atoms with van der Waals surface area (Å²) in [4.78, 5) is 28.3. The molecule has 3 rings (SSSR count).